The number of hydrogen-bond donors (Lipinski definition) is 2. The largest absolute Gasteiger partial charge is 0.480 e. The SMILES string of the molecule is O=C(NC1(C(=O)O)CCCCCC1)c1cnn(Cc2ccccc2)c1. The first-order valence-electron chi connectivity index (χ1n) is 8.71. The summed E-state index contributed by atoms with van der Waals surface area (Å²) in [4.78, 5) is 24.4. The average molecular weight is 341 g/mol. The molecule has 0 bridgehead atoms. The molecule has 0 saturated heterocycles. The maximum absolute atomic E-state index is 12.6. The number of carboxylic acids is 1. The van der Waals surface area contributed by atoms with Crippen LogP contribution in [0.15, 0.2) is 42.7 Å². The van der Waals surface area contributed by atoms with E-state index >= 15 is 0 Å². The number of nitrogens with zero attached hydrogens (tertiary/aromatic N) is 2. The van der Waals surface area contributed by atoms with Gasteiger partial charge in [0.15, 0.2) is 0 Å². The molecule has 0 radical (unpaired) electrons. The first kappa shape index (κ1) is 17.2. The molecule has 1 amide bonds. The predicted octanol–water partition coefficient (Wildman–Crippen LogP) is 2.84. The molecule has 1 aromatic carbocycles. The van der Waals surface area contributed by atoms with E-state index in [0.717, 1.165) is 31.2 Å². The van der Waals surface area contributed by atoms with Crippen molar-refractivity contribution in [2.45, 2.75) is 50.6 Å². The lowest BCUT2D eigenvalue weighted by Crippen LogP contribution is -2.54. The molecule has 6 heteroatoms. The van der Waals surface area contributed by atoms with Crippen molar-refractivity contribution in [3.63, 3.8) is 0 Å². The number of aromatic nitrogens is 2. The van der Waals surface area contributed by atoms with Crippen LogP contribution in [-0.2, 0) is 11.3 Å². The molecule has 25 heavy (non-hydrogen) atoms. The van der Waals surface area contributed by atoms with Gasteiger partial charge in [-0.3, -0.25) is 9.48 Å². The lowest BCUT2D eigenvalue weighted by atomic mass is 9.90. The van der Waals surface area contributed by atoms with Crippen LogP contribution in [-0.4, -0.2) is 32.3 Å². The highest BCUT2D eigenvalue weighted by Crippen LogP contribution is 2.28. The molecule has 3 rings (SSSR count). The Balaban J connectivity index is 1.71. The van der Waals surface area contributed by atoms with Crippen LogP contribution in [0.3, 0.4) is 0 Å². The number of rotatable bonds is 5. The van der Waals surface area contributed by atoms with Gasteiger partial charge in [0, 0.05) is 6.20 Å². The van der Waals surface area contributed by atoms with Crippen LogP contribution >= 0.6 is 0 Å². The molecule has 1 heterocycles. The number of nitrogens with one attached hydrogen (secondary N) is 1. The van der Waals surface area contributed by atoms with Crippen molar-refractivity contribution < 1.29 is 14.7 Å². The van der Waals surface area contributed by atoms with Crippen molar-refractivity contribution in [2.75, 3.05) is 0 Å². The third kappa shape index (κ3) is 4.07. The standard InChI is InChI=1S/C19H23N3O3/c23-17(21-19(18(24)25)10-6-1-2-7-11-19)16-12-20-22(14-16)13-15-8-4-3-5-9-15/h3-5,8-9,12,14H,1-2,6-7,10-11,13H2,(H,21,23)(H,24,25). The van der Waals surface area contributed by atoms with E-state index in [9.17, 15) is 14.7 Å². The predicted molar refractivity (Wildman–Crippen MR) is 93.3 cm³/mol. The maximum atomic E-state index is 12.6. The Morgan fingerprint density at radius 1 is 1.12 bits per heavy atom. The third-order valence-electron chi connectivity index (χ3n) is 4.80. The summed E-state index contributed by atoms with van der Waals surface area (Å²) >= 11 is 0. The molecule has 1 fully saturated rings. The zero-order valence-corrected chi connectivity index (χ0v) is 14.1. The topological polar surface area (TPSA) is 84.2 Å². The van der Waals surface area contributed by atoms with Crippen LogP contribution < -0.4 is 5.32 Å². The second-order valence-corrected chi connectivity index (χ2v) is 6.67. The summed E-state index contributed by atoms with van der Waals surface area (Å²) < 4.78 is 1.69. The van der Waals surface area contributed by atoms with Gasteiger partial charge in [0.1, 0.15) is 5.54 Å². The summed E-state index contributed by atoms with van der Waals surface area (Å²) in [6.07, 6.45) is 7.77. The highest BCUT2D eigenvalue weighted by atomic mass is 16.4. The first-order valence-corrected chi connectivity index (χ1v) is 8.71. The van der Waals surface area contributed by atoms with Crippen LogP contribution in [0.1, 0.15) is 54.4 Å². The Hall–Kier alpha value is -2.63. The highest BCUT2D eigenvalue weighted by molar-refractivity contribution is 5.97. The Kier molecular flexibility index (Phi) is 5.16. The normalized spacial score (nSPS) is 16.8. The van der Waals surface area contributed by atoms with Crippen LogP contribution in [0.2, 0.25) is 0 Å². The van der Waals surface area contributed by atoms with Crippen molar-refractivity contribution in [2.24, 2.45) is 0 Å². The quantitative estimate of drug-likeness (QED) is 0.819. The molecule has 0 unspecified atom stereocenters. The van der Waals surface area contributed by atoms with Gasteiger partial charge >= 0.3 is 5.97 Å². The molecule has 2 N–H and O–H groups in total. The van der Waals surface area contributed by atoms with Gasteiger partial charge in [-0.05, 0) is 18.4 Å². The maximum Gasteiger partial charge on any atom is 0.329 e. The molecule has 1 saturated carbocycles. The van der Waals surface area contributed by atoms with Crippen molar-refractivity contribution in [3.8, 4) is 0 Å². The molecule has 1 aliphatic carbocycles. The summed E-state index contributed by atoms with van der Waals surface area (Å²) in [5.74, 6) is -1.32. The van der Waals surface area contributed by atoms with Crippen LogP contribution in [0.4, 0.5) is 0 Å². The minimum Gasteiger partial charge on any atom is -0.480 e. The van der Waals surface area contributed by atoms with Crippen molar-refractivity contribution in [3.05, 3.63) is 53.9 Å². The number of carboxylic acid groups (broad SMARTS) is 1. The van der Waals surface area contributed by atoms with Crippen LogP contribution in [0, 0.1) is 0 Å². The van der Waals surface area contributed by atoms with Gasteiger partial charge in [-0.1, -0.05) is 56.0 Å². The van der Waals surface area contributed by atoms with Gasteiger partial charge in [0.25, 0.3) is 5.91 Å². The van der Waals surface area contributed by atoms with Crippen molar-refractivity contribution >= 4 is 11.9 Å². The van der Waals surface area contributed by atoms with Gasteiger partial charge in [-0.2, -0.15) is 5.10 Å². The highest BCUT2D eigenvalue weighted by Gasteiger charge is 2.40. The molecule has 6 nitrogen and oxygen atoms in total. The monoisotopic (exact) mass is 341 g/mol. The number of hydrogen-bond acceptors (Lipinski definition) is 3. The number of carbonyl (C=O) groups is 2. The molecule has 0 atom stereocenters. The molecule has 2 aromatic rings. The number of benzene rings is 1. The fourth-order valence-electron chi connectivity index (χ4n) is 3.35. The van der Waals surface area contributed by atoms with E-state index in [4.69, 9.17) is 0 Å². The fraction of sp³-hybridized carbons (Fsp3) is 0.421. The van der Waals surface area contributed by atoms with E-state index in [1.54, 1.807) is 10.9 Å². The average Bonchev–Trinajstić information content (AvgIpc) is 2.93. The number of aliphatic carboxylic acids is 1. The molecule has 0 spiro atoms. The summed E-state index contributed by atoms with van der Waals surface area (Å²) in [5, 5.41) is 16.7. The second kappa shape index (κ2) is 7.51. The van der Waals surface area contributed by atoms with E-state index in [-0.39, 0.29) is 5.91 Å². The zero-order chi connectivity index (χ0) is 17.7. The first-order chi connectivity index (χ1) is 12.1. The number of carbonyl (C=O) groups excluding carboxylic acids is 1. The molecule has 1 aliphatic rings. The van der Waals surface area contributed by atoms with Gasteiger partial charge in [0.05, 0.1) is 18.3 Å². The second-order valence-electron chi connectivity index (χ2n) is 6.67. The molecule has 1 aromatic heterocycles. The van der Waals surface area contributed by atoms with Gasteiger partial charge in [0.2, 0.25) is 0 Å². The van der Waals surface area contributed by atoms with E-state index < -0.39 is 11.5 Å². The summed E-state index contributed by atoms with van der Waals surface area (Å²) in [7, 11) is 0. The lowest BCUT2D eigenvalue weighted by molar-refractivity contribution is -0.145. The summed E-state index contributed by atoms with van der Waals surface area (Å²) in [6, 6.07) is 9.84. The third-order valence-corrected chi connectivity index (χ3v) is 4.80. The van der Waals surface area contributed by atoms with E-state index in [0.29, 0.717) is 24.9 Å². The smallest absolute Gasteiger partial charge is 0.329 e. The number of amides is 1. The van der Waals surface area contributed by atoms with Gasteiger partial charge < -0.3 is 10.4 Å². The Bertz CT molecular complexity index is 731. The van der Waals surface area contributed by atoms with E-state index in [1.165, 1.54) is 6.20 Å². The Labute approximate surface area is 146 Å². The molecule has 132 valence electrons. The minimum absolute atomic E-state index is 0.372. The fourth-order valence-corrected chi connectivity index (χ4v) is 3.35. The molecular formula is C19H23N3O3. The zero-order valence-electron chi connectivity index (χ0n) is 14.1. The van der Waals surface area contributed by atoms with E-state index in [1.807, 2.05) is 30.3 Å². The Morgan fingerprint density at radius 3 is 2.44 bits per heavy atom. The van der Waals surface area contributed by atoms with Crippen molar-refractivity contribution in [1.29, 1.82) is 0 Å². The minimum atomic E-state index is -1.16. The summed E-state index contributed by atoms with van der Waals surface area (Å²) in [5.41, 5.74) is 0.318. The van der Waals surface area contributed by atoms with Gasteiger partial charge in [-0.15, -0.1) is 0 Å². The Morgan fingerprint density at radius 2 is 1.80 bits per heavy atom. The lowest BCUT2D eigenvalue weighted by Gasteiger charge is -2.29. The van der Waals surface area contributed by atoms with Crippen LogP contribution in [0.25, 0.3) is 0 Å². The molecule has 0 aliphatic heterocycles. The van der Waals surface area contributed by atoms with Gasteiger partial charge in [-0.25, -0.2) is 4.79 Å². The summed E-state index contributed by atoms with van der Waals surface area (Å²) in [6.45, 7) is 0.568. The van der Waals surface area contributed by atoms with Crippen LogP contribution in [0.5, 0.6) is 0 Å². The van der Waals surface area contributed by atoms with E-state index in [2.05, 4.69) is 10.4 Å². The molecular weight excluding hydrogens is 318 g/mol. The van der Waals surface area contributed by atoms with Crippen molar-refractivity contribution in [1.82, 2.24) is 15.1 Å².